The van der Waals surface area contributed by atoms with Crippen molar-refractivity contribution in [3.05, 3.63) is 35.6 Å². The first-order valence-corrected chi connectivity index (χ1v) is 7.87. The van der Waals surface area contributed by atoms with Crippen LogP contribution in [0.1, 0.15) is 18.6 Å². The second-order valence-electron chi connectivity index (χ2n) is 3.39. The molecule has 0 bridgehead atoms. The van der Waals surface area contributed by atoms with Crippen LogP contribution < -0.4 is 0 Å². The van der Waals surface area contributed by atoms with Crippen molar-refractivity contribution in [2.75, 3.05) is 5.75 Å². The Bertz CT molecular complexity index is 504. The van der Waals surface area contributed by atoms with Crippen LogP contribution in [0, 0.1) is 5.82 Å². The lowest BCUT2D eigenvalue weighted by Gasteiger charge is -2.26. The standard InChI is InChI=1S/C10H11ClFIO3S/c1-2-17(15,16)10(11,13)9(14)7-5-3-4-6-8(7)12/h3-6,9,14H,2H2,1H3. The van der Waals surface area contributed by atoms with Crippen LogP contribution in [-0.4, -0.2) is 21.5 Å². The zero-order valence-corrected chi connectivity index (χ0v) is 12.6. The van der Waals surface area contributed by atoms with Gasteiger partial charge in [0.15, 0.2) is 9.84 Å². The lowest BCUT2D eigenvalue weighted by Crippen LogP contribution is -2.34. The molecule has 0 aliphatic carbocycles. The summed E-state index contributed by atoms with van der Waals surface area (Å²) in [6, 6.07) is 5.40. The molecule has 0 aliphatic heterocycles. The van der Waals surface area contributed by atoms with E-state index in [4.69, 9.17) is 11.6 Å². The molecule has 0 amide bonds. The summed E-state index contributed by atoms with van der Waals surface area (Å²) < 4.78 is 34.9. The Kier molecular flexibility index (Phi) is 4.79. The molecule has 96 valence electrons. The Hall–Kier alpha value is 0.0800. The highest BCUT2D eigenvalue weighted by atomic mass is 127. The third kappa shape index (κ3) is 2.91. The number of hydrogen-bond acceptors (Lipinski definition) is 3. The average Bonchev–Trinajstić information content (AvgIpc) is 2.28. The molecule has 1 N–H and O–H groups in total. The van der Waals surface area contributed by atoms with Crippen LogP contribution in [0.4, 0.5) is 4.39 Å². The van der Waals surface area contributed by atoms with Crippen molar-refractivity contribution in [2.24, 2.45) is 0 Å². The number of aliphatic hydroxyl groups excluding tert-OH is 1. The number of sulfone groups is 1. The topological polar surface area (TPSA) is 54.4 Å². The highest BCUT2D eigenvalue weighted by Gasteiger charge is 2.46. The maximum atomic E-state index is 13.4. The molecule has 1 rings (SSSR count). The molecule has 7 heteroatoms. The van der Waals surface area contributed by atoms with E-state index in [0.717, 1.165) is 6.07 Å². The largest absolute Gasteiger partial charge is 0.384 e. The summed E-state index contributed by atoms with van der Waals surface area (Å²) in [5.41, 5.74) is -0.131. The zero-order valence-electron chi connectivity index (χ0n) is 8.90. The zero-order chi connectivity index (χ0) is 13.3. The van der Waals surface area contributed by atoms with Gasteiger partial charge in [0.1, 0.15) is 11.9 Å². The van der Waals surface area contributed by atoms with Crippen LogP contribution in [0.3, 0.4) is 0 Å². The summed E-state index contributed by atoms with van der Waals surface area (Å²) in [4.78, 5) is 0. The van der Waals surface area contributed by atoms with Gasteiger partial charge in [-0.3, -0.25) is 0 Å². The first-order valence-electron chi connectivity index (χ1n) is 4.76. The molecule has 2 unspecified atom stereocenters. The van der Waals surface area contributed by atoms with Crippen LogP contribution in [0.5, 0.6) is 0 Å². The fraction of sp³-hybridized carbons (Fsp3) is 0.400. The molecular formula is C10H11ClFIO3S. The Balaban J connectivity index is 3.23. The number of alkyl halides is 2. The summed E-state index contributed by atoms with van der Waals surface area (Å²) in [7, 11) is -3.73. The Morgan fingerprint density at radius 3 is 2.53 bits per heavy atom. The summed E-state index contributed by atoms with van der Waals surface area (Å²) in [5.74, 6) is -0.918. The highest BCUT2D eigenvalue weighted by molar-refractivity contribution is 14.1. The molecule has 0 aromatic heterocycles. The van der Waals surface area contributed by atoms with Crippen LogP contribution in [-0.2, 0) is 9.84 Å². The van der Waals surface area contributed by atoms with E-state index in [1.807, 2.05) is 0 Å². The van der Waals surface area contributed by atoms with Gasteiger partial charge in [-0.05, 0) is 28.7 Å². The van der Waals surface area contributed by atoms with Crippen molar-refractivity contribution in [1.82, 2.24) is 0 Å². The van der Waals surface area contributed by atoms with E-state index in [9.17, 15) is 17.9 Å². The Morgan fingerprint density at radius 1 is 1.53 bits per heavy atom. The van der Waals surface area contributed by atoms with Crippen LogP contribution in [0.2, 0.25) is 0 Å². The minimum absolute atomic E-state index is 0.131. The minimum Gasteiger partial charge on any atom is -0.384 e. The first-order chi connectivity index (χ1) is 7.74. The molecule has 1 aromatic rings. The van der Waals surface area contributed by atoms with Gasteiger partial charge in [-0.25, -0.2) is 12.8 Å². The van der Waals surface area contributed by atoms with Crippen molar-refractivity contribution in [1.29, 1.82) is 0 Å². The summed E-state index contributed by atoms with van der Waals surface area (Å²) in [5, 5.41) is 9.94. The lowest BCUT2D eigenvalue weighted by atomic mass is 10.1. The van der Waals surface area contributed by atoms with E-state index in [1.165, 1.54) is 47.7 Å². The summed E-state index contributed by atoms with van der Waals surface area (Å²) in [6.07, 6.45) is -1.63. The van der Waals surface area contributed by atoms with Gasteiger partial charge in [0.25, 0.3) is 0 Å². The molecule has 0 radical (unpaired) electrons. The lowest BCUT2D eigenvalue weighted by molar-refractivity contribution is 0.182. The predicted octanol–water partition coefficient (Wildman–Crippen LogP) is 2.62. The molecule has 0 fully saturated rings. The molecule has 0 heterocycles. The van der Waals surface area contributed by atoms with Gasteiger partial charge >= 0.3 is 0 Å². The second-order valence-corrected chi connectivity index (χ2v) is 9.73. The van der Waals surface area contributed by atoms with Crippen molar-refractivity contribution < 1.29 is 17.9 Å². The number of aliphatic hydroxyl groups is 1. The molecule has 1 aromatic carbocycles. The van der Waals surface area contributed by atoms with Crippen molar-refractivity contribution in [3.8, 4) is 0 Å². The minimum atomic E-state index is -3.73. The number of halogens is 3. The van der Waals surface area contributed by atoms with Gasteiger partial charge < -0.3 is 5.11 Å². The van der Waals surface area contributed by atoms with Crippen LogP contribution in [0.25, 0.3) is 0 Å². The number of benzene rings is 1. The van der Waals surface area contributed by atoms with Gasteiger partial charge in [0.05, 0.1) is 5.75 Å². The van der Waals surface area contributed by atoms with Crippen LogP contribution >= 0.6 is 34.2 Å². The van der Waals surface area contributed by atoms with Gasteiger partial charge in [0, 0.05) is 5.56 Å². The van der Waals surface area contributed by atoms with Crippen molar-refractivity contribution in [3.63, 3.8) is 0 Å². The maximum absolute atomic E-state index is 13.4. The number of hydrogen-bond donors (Lipinski definition) is 1. The molecule has 0 saturated carbocycles. The van der Waals surface area contributed by atoms with Crippen molar-refractivity contribution >= 4 is 44.0 Å². The Labute approximate surface area is 118 Å². The fourth-order valence-electron chi connectivity index (χ4n) is 1.24. The van der Waals surface area contributed by atoms with E-state index in [-0.39, 0.29) is 11.3 Å². The molecule has 2 atom stereocenters. The number of rotatable bonds is 4. The van der Waals surface area contributed by atoms with E-state index in [0.29, 0.717) is 0 Å². The molecular weight excluding hydrogens is 382 g/mol. The molecule has 0 aliphatic rings. The SMILES string of the molecule is CCS(=O)(=O)C(Cl)(I)C(O)c1ccccc1F. The average molecular weight is 393 g/mol. The summed E-state index contributed by atoms with van der Waals surface area (Å²) >= 11 is 7.29. The first kappa shape index (κ1) is 15.1. The van der Waals surface area contributed by atoms with Crippen molar-refractivity contribution in [2.45, 2.75) is 15.2 Å². The molecule has 17 heavy (non-hydrogen) atoms. The monoisotopic (exact) mass is 392 g/mol. The quantitative estimate of drug-likeness (QED) is 0.633. The maximum Gasteiger partial charge on any atom is 0.225 e. The smallest absolute Gasteiger partial charge is 0.225 e. The second kappa shape index (κ2) is 5.38. The van der Waals surface area contributed by atoms with Gasteiger partial charge in [-0.2, -0.15) is 0 Å². The third-order valence-corrected chi connectivity index (χ3v) is 7.64. The molecule has 0 spiro atoms. The highest BCUT2D eigenvalue weighted by Crippen LogP contribution is 2.43. The van der Waals surface area contributed by atoms with Gasteiger partial charge in [-0.1, -0.05) is 36.7 Å². The van der Waals surface area contributed by atoms with Crippen LogP contribution in [0.15, 0.2) is 24.3 Å². The predicted molar refractivity (Wildman–Crippen MR) is 73.4 cm³/mol. The third-order valence-electron chi connectivity index (χ3n) is 2.31. The fourth-order valence-corrected chi connectivity index (χ4v) is 3.81. The normalized spacial score (nSPS) is 17.5. The van der Waals surface area contributed by atoms with Gasteiger partial charge in [0.2, 0.25) is 2.21 Å². The van der Waals surface area contributed by atoms with Gasteiger partial charge in [-0.15, -0.1) is 0 Å². The Morgan fingerprint density at radius 2 is 2.06 bits per heavy atom. The van der Waals surface area contributed by atoms with E-state index >= 15 is 0 Å². The van der Waals surface area contributed by atoms with E-state index < -0.39 is 24.0 Å². The summed E-state index contributed by atoms with van der Waals surface area (Å²) in [6.45, 7) is 1.42. The molecule has 0 saturated heterocycles. The van der Waals surface area contributed by atoms with E-state index in [1.54, 1.807) is 0 Å². The molecule has 3 nitrogen and oxygen atoms in total. The van der Waals surface area contributed by atoms with E-state index in [2.05, 4.69) is 0 Å².